The van der Waals surface area contributed by atoms with Crippen molar-refractivity contribution in [1.82, 2.24) is 4.90 Å². The van der Waals surface area contributed by atoms with Crippen LogP contribution in [-0.2, 0) is 0 Å². The average molecular weight is 252 g/mol. The lowest BCUT2D eigenvalue weighted by Gasteiger charge is -2.37. The molecule has 0 aromatic carbocycles. The van der Waals surface area contributed by atoms with E-state index in [0.717, 1.165) is 12.4 Å². The summed E-state index contributed by atoms with van der Waals surface area (Å²) in [4.78, 5) is 7.21. The Morgan fingerprint density at radius 3 is 2.33 bits per heavy atom. The Balaban J connectivity index is 2.16. The zero-order chi connectivity index (χ0) is 13.3. The highest BCUT2D eigenvalue weighted by Gasteiger charge is 2.38. The molecule has 2 rings (SSSR count). The summed E-state index contributed by atoms with van der Waals surface area (Å²) in [6, 6.07) is 0.959. The summed E-state index contributed by atoms with van der Waals surface area (Å²) in [5.41, 5.74) is -0.804. The summed E-state index contributed by atoms with van der Waals surface area (Å²) in [6.45, 7) is 9.18. The predicted octanol–water partition coefficient (Wildman–Crippen LogP) is 2.83. The van der Waals surface area contributed by atoms with Gasteiger partial charge in [0.1, 0.15) is 11.4 Å². The Morgan fingerprint density at radius 1 is 1.22 bits per heavy atom. The molecule has 18 heavy (non-hydrogen) atoms. The van der Waals surface area contributed by atoms with Crippen LogP contribution in [0.5, 0.6) is 0 Å². The van der Waals surface area contributed by atoms with Gasteiger partial charge < -0.3 is 10.0 Å². The van der Waals surface area contributed by atoms with Crippen LogP contribution in [-0.4, -0.2) is 40.1 Å². The maximum atomic E-state index is 10.3. The Kier molecular flexibility index (Phi) is 4.00. The smallest absolute Gasteiger partial charge is 0.131 e. The molecule has 2 aliphatic rings. The van der Waals surface area contributed by atoms with Crippen molar-refractivity contribution in [3.05, 3.63) is 0 Å². The standard InChI is InChI=1S/C15H28N2O/c1-11(2)13-10-17(12-8-6-5-7-9-12)14(16-13)15(3,4)18/h11-13,18H,5-10H2,1-4H3/t13-/m1/s1. The van der Waals surface area contributed by atoms with E-state index in [2.05, 4.69) is 18.7 Å². The molecule has 0 bridgehead atoms. The van der Waals surface area contributed by atoms with Gasteiger partial charge in [-0.25, -0.2) is 0 Å². The van der Waals surface area contributed by atoms with E-state index in [-0.39, 0.29) is 0 Å². The molecular formula is C15H28N2O. The van der Waals surface area contributed by atoms with Gasteiger partial charge in [-0.2, -0.15) is 0 Å². The van der Waals surface area contributed by atoms with E-state index in [0.29, 0.717) is 18.0 Å². The Morgan fingerprint density at radius 2 is 1.83 bits per heavy atom. The number of nitrogens with zero attached hydrogens (tertiary/aromatic N) is 2. The molecule has 1 fully saturated rings. The number of aliphatic imine (C=N–C) groups is 1. The molecule has 0 spiro atoms. The van der Waals surface area contributed by atoms with Crippen LogP contribution in [0.15, 0.2) is 4.99 Å². The highest BCUT2D eigenvalue weighted by Crippen LogP contribution is 2.30. The quantitative estimate of drug-likeness (QED) is 0.838. The minimum Gasteiger partial charge on any atom is -0.383 e. The van der Waals surface area contributed by atoms with E-state index in [1.165, 1.54) is 32.1 Å². The maximum absolute atomic E-state index is 10.3. The summed E-state index contributed by atoms with van der Waals surface area (Å²) < 4.78 is 0. The van der Waals surface area contributed by atoms with Crippen molar-refractivity contribution in [2.75, 3.05) is 6.54 Å². The number of rotatable bonds is 3. The molecule has 1 aliphatic heterocycles. The van der Waals surface area contributed by atoms with Crippen molar-refractivity contribution in [2.45, 2.75) is 77.5 Å². The number of hydrogen-bond acceptors (Lipinski definition) is 3. The first-order chi connectivity index (χ1) is 8.39. The second kappa shape index (κ2) is 5.20. The molecule has 1 atom stereocenters. The molecule has 1 heterocycles. The highest BCUT2D eigenvalue weighted by atomic mass is 16.3. The van der Waals surface area contributed by atoms with Crippen molar-refractivity contribution in [3.8, 4) is 0 Å². The average Bonchev–Trinajstić information content (AvgIpc) is 2.74. The third-order valence-corrected chi connectivity index (χ3v) is 4.28. The summed E-state index contributed by atoms with van der Waals surface area (Å²) in [6.07, 6.45) is 6.55. The van der Waals surface area contributed by atoms with Crippen molar-refractivity contribution < 1.29 is 5.11 Å². The lowest BCUT2D eigenvalue weighted by Crippen LogP contribution is -2.48. The molecule has 0 aromatic rings. The summed E-state index contributed by atoms with van der Waals surface area (Å²) in [7, 11) is 0. The largest absolute Gasteiger partial charge is 0.383 e. The fourth-order valence-corrected chi connectivity index (χ4v) is 3.14. The van der Waals surface area contributed by atoms with E-state index in [4.69, 9.17) is 4.99 Å². The zero-order valence-electron chi connectivity index (χ0n) is 12.3. The molecule has 1 saturated carbocycles. The minimum absolute atomic E-state index is 0.355. The molecule has 0 radical (unpaired) electrons. The van der Waals surface area contributed by atoms with Crippen LogP contribution in [0.1, 0.15) is 59.8 Å². The number of amidine groups is 1. The molecule has 104 valence electrons. The van der Waals surface area contributed by atoms with Crippen LogP contribution in [0.4, 0.5) is 0 Å². The molecule has 3 heteroatoms. The van der Waals surface area contributed by atoms with Crippen LogP contribution >= 0.6 is 0 Å². The van der Waals surface area contributed by atoms with Crippen molar-refractivity contribution >= 4 is 5.84 Å². The molecule has 1 N–H and O–H groups in total. The van der Waals surface area contributed by atoms with Crippen LogP contribution in [0, 0.1) is 5.92 Å². The summed E-state index contributed by atoms with van der Waals surface area (Å²) in [5, 5.41) is 10.3. The summed E-state index contributed by atoms with van der Waals surface area (Å²) in [5.74, 6) is 1.48. The van der Waals surface area contributed by atoms with Gasteiger partial charge in [0.2, 0.25) is 0 Å². The van der Waals surface area contributed by atoms with E-state index in [9.17, 15) is 5.11 Å². The fourth-order valence-electron chi connectivity index (χ4n) is 3.14. The van der Waals surface area contributed by atoms with Gasteiger partial charge in [-0.1, -0.05) is 33.1 Å². The van der Waals surface area contributed by atoms with Crippen molar-refractivity contribution in [3.63, 3.8) is 0 Å². The topological polar surface area (TPSA) is 35.8 Å². The van der Waals surface area contributed by atoms with Crippen LogP contribution < -0.4 is 0 Å². The molecule has 0 unspecified atom stereocenters. The predicted molar refractivity (Wildman–Crippen MR) is 75.9 cm³/mol. The van der Waals surface area contributed by atoms with E-state index in [1.54, 1.807) is 0 Å². The molecule has 0 saturated heterocycles. The first-order valence-electron chi connectivity index (χ1n) is 7.47. The fraction of sp³-hybridized carbons (Fsp3) is 0.933. The molecule has 1 aliphatic carbocycles. The normalized spacial score (nSPS) is 26.9. The van der Waals surface area contributed by atoms with E-state index < -0.39 is 5.60 Å². The molecular weight excluding hydrogens is 224 g/mol. The van der Waals surface area contributed by atoms with E-state index in [1.807, 2.05) is 13.8 Å². The number of hydrogen-bond donors (Lipinski definition) is 1. The lowest BCUT2D eigenvalue weighted by molar-refractivity contribution is 0.127. The molecule has 0 aromatic heterocycles. The Labute approximate surface area is 111 Å². The Hall–Kier alpha value is -0.570. The minimum atomic E-state index is -0.804. The van der Waals surface area contributed by atoms with Crippen LogP contribution in [0.2, 0.25) is 0 Å². The molecule has 0 amide bonds. The number of aliphatic hydroxyl groups is 1. The van der Waals surface area contributed by atoms with Crippen LogP contribution in [0.25, 0.3) is 0 Å². The SMILES string of the molecule is CC(C)[C@H]1CN(C2CCCCC2)C(C(C)(C)O)=N1. The summed E-state index contributed by atoms with van der Waals surface area (Å²) >= 11 is 0. The first kappa shape index (κ1) is 13.9. The zero-order valence-corrected chi connectivity index (χ0v) is 12.3. The third-order valence-electron chi connectivity index (χ3n) is 4.28. The second-order valence-corrected chi connectivity index (χ2v) is 6.77. The van der Waals surface area contributed by atoms with Crippen molar-refractivity contribution in [2.24, 2.45) is 10.9 Å². The van der Waals surface area contributed by atoms with Crippen LogP contribution in [0.3, 0.4) is 0 Å². The van der Waals surface area contributed by atoms with Gasteiger partial charge in [0.25, 0.3) is 0 Å². The van der Waals surface area contributed by atoms with Gasteiger partial charge in [0.05, 0.1) is 6.04 Å². The van der Waals surface area contributed by atoms with Gasteiger partial charge in [0, 0.05) is 12.6 Å². The monoisotopic (exact) mass is 252 g/mol. The van der Waals surface area contributed by atoms with Gasteiger partial charge in [-0.05, 0) is 32.6 Å². The van der Waals surface area contributed by atoms with Gasteiger partial charge >= 0.3 is 0 Å². The van der Waals surface area contributed by atoms with Crippen molar-refractivity contribution in [1.29, 1.82) is 0 Å². The maximum Gasteiger partial charge on any atom is 0.131 e. The first-order valence-corrected chi connectivity index (χ1v) is 7.47. The third kappa shape index (κ3) is 2.87. The Bertz CT molecular complexity index is 311. The van der Waals surface area contributed by atoms with E-state index >= 15 is 0 Å². The van der Waals surface area contributed by atoms with Gasteiger partial charge in [-0.3, -0.25) is 4.99 Å². The van der Waals surface area contributed by atoms with Gasteiger partial charge in [0.15, 0.2) is 0 Å². The molecule has 3 nitrogen and oxygen atoms in total. The second-order valence-electron chi connectivity index (χ2n) is 6.77. The highest BCUT2D eigenvalue weighted by molar-refractivity contribution is 5.91. The van der Waals surface area contributed by atoms with Gasteiger partial charge in [-0.15, -0.1) is 0 Å². The lowest BCUT2D eigenvalue weighted by atomic mass is 9.92.